The number of halogens is 1. The number of nitrogens with one attached hydrogen (secondary N) is 2. The summed E-state index contributed by atoms with van der Waals surface area (Å²) >= 11 is 6.03. The Balaban J connectivity index is 2.24. The molecule has 0 saturated carbocycles. The molecule has 0 fully saturated rings. The first-order chi connectivity index (χ1) is 11.3. The van der Waals surface area contributed by atoms with Crippen molar-refractivity contribution in [2.24, 2.45) is 0 Å². The number of aryl methyl sites for hydroxylation is 1. The molecule has 0 aliphatic rings. The maximum atomic E-state index is 12.5. The van der Waals surface area contributed by atoms with Crippen LogP contribution in [0.3, 0.4) is 0 Å². The van der Waals surface area contributed by atoms with Crippen LogP contribution in [0.2, 0.25) is 5.02 Å². The normalized spacial score (nSPS) is 11.3. The van der Waals surface area contributed by atoms with Gasteiger partial charge in [-0.1, -0.05) is 35.9 Å². The van der Waals surface area contributed by atoms with Crippen LogP contribution in [-0.4, -0.2) is 20.9 Å². The number of amides is 1. The SMILES string of the molecule is CCNC(=O)c1cc(S(=O)(=O)NCc2ccccc2Cl)ccc1C. The minimum atomic E-state index is -3.75. The number of rotatable bonds is 6. The van der Waals surface area contributed by atoms with Crippen molar-refractivity contribution in [1.29, 1.82) is 0 Å². The number of carbonyl (C=O) groups excluding carboxylic acids is 1. The second kappa shape index (κ2) is 7.79. The Morgan fingerprint density at radius 3 is 2.54 bits per heavy atom. The molecule has 128 valence electrons. The van der Waals surface area contributed by atoms with Crippen molar-refractivity contribution < 1.29 is 13.2 Å². The van der Waals surface area contributed by atoms with Crippen LogP contribution < -0.4 is 10.0 Å². The summed E-state index contributed by atoms with van der Waals surface area (Å²) in [6.07, 6.45) is 0. The van der Waals surface area contributed by atoms with Crippen molar-refractivity contribution >= 4 is 27.5 Å². The van der Waals surface area contributed by atoms with E-state index in [4.69, 9.17) is 11.6 Å². The fourth-order valence-corrected chi connectivity index (χ4v) is 3.40. The van der Waals surface area contributed by atoms with Crippen molar-refractivity contribution in [1.82, 2.24) is 10.0 Å². The third kappa shape index (κ3) is 4.35. The number of hydrogen-bond donors (Lipinski definition) is 2. The molecule has 2 aromatic rings. The zero-order valence-corrected chi connectivity index (χ0v) is 15.0. The molecule has 0 heterocycles. The molecular formula is C17H19ClN2O3S. The molecule has 0 bridgehead atoms. The summed E-state index contributed by atoms with van der Waals surface area (Å²) in [5, 5.41) is 3.17. The van der Waals surface area contributed by atoms with E-state index in [1.165, 1.54) is 12.1 Å². The van der Waals surface area contributed by atoms with Crippen molar-refractivity contribution in [2.75, 3.05) is 6.54 Å². The van der Waals surface area contributed by atoms with Gasteiger partial charge in [-0.25, -0.2) is 13.1 Å². The summed E-state index contributed by atoms with van der Waals surface area (Å²) in [7, 11) is -3.75. The topological polar surface area (TPSA) is 75.3 Å². The second-order valence-electron chi connectivity index (χ2n) is 5.25. The van der Waals surface area contributed by atoms with E-state index in [0.717, 1.165) is 0 Å². The first-order valence-corrected chi connectivity index (χ1v) is 9.33. The van der Waals surface area contributed by atoms with Gasteiger partial charge in [-0.05, 0) is 43.2 Å². The van der Waals surface area contributed by atoms with E-state index in [1.807, 2.05) is 0 Å². The summed E-state index contributed by atoms with van der Waals surface area (Å²) in [5.41, 5.74) is 1.74. The van der Waals surface area contributed by atoms with Crippen LogP contribution in [0.25, 0.3) is 0 Å². The second-order valence-corrected chi connectivity index (χ2v) is 7.43. The molecule has 5 nitrogen and oxygen atoms in total. The highest BCUT2D eigenvalue weighted by Crippen LogP contribution is 2.18. The highest BCUT2D eigenvalue weighted by Gasteiger charge is 2.18. The van der Waals surface area contributed by atoms with Gasteiger partial charge in [-0.3, -0.25) is 4.79 Å². The van der Waals surface area contributed by atoms with Gasteiger partial charge in [0.15, 0.2) is 0 Å². The van der Waals surface area contributed by atoms with E-state index in [9.17, 15) is 13.2 Å². The van der Waals surface area contributed by atoms with E-state index in [0.29, 0.717) is 28.3 Å². The molecule has 0 radical (unpaired) electrons. The van der Waals surface area contributed by atoms with Crippen molar-refractivity contribution in [3.63, 3.8) is 0 Å². The first kappa shape index (κ1) is 18.4. The highest BCUT2D eigenvalue weighted by molar-refractivity contribution is 7.89. The van der Waals surface area contributed by atoms with Crippen LogP contribution in [0.4, 0.5) is 0 Å². The molecule has 7 heteroatoms. The molecule has 2 rings (SSSR count). The number of sulfonamides is 1. The fraction of sp³-hybridized carbons (Fsp3) is 0.235. The molecule has 1 amide bonds. The van der Waals surface area contributed by atoms with Gasteiger partial charge in [0.1, 0.15) is 0 Å². The monoisotopic (exact) mass is 366 g/mol. The fourth-order valence-electron chi connectivity index (χ4n) is 2.17. The van der Waals surface area contributed by atoms with Gasteiger partial charge in [0.2, 0.25) is 10.0 Å². The molecule has 0 unspecified atom stereocenters. The Bertz CT molecular complexity index is 851. The van der Waals surface area contributed by atoms with E-state index in [2.05, 4.69) is 10.0 Å². The van der Waals surface area contributed by atoms with Crippen LogP contribution in [0.5, 0.6) is 0 Å². The number of hydrogen-bond acceptors (Lipinski definition) is 3. The third-order valence-corrected chi connectivity index (χ3v) is 5.28. The summed E-state index contributed by atoms with van der Waals surface area (Å²) in [4.78, 5) is 12.1. The molecule has 0 spiro atoms. The maximum Gasteiger partial charge on any atom is 0.251 e. The predicted octanol–water partition coefficient (Wildman–Crippen LogP) is 2.88. The molecule has 24 heavy (non-hydrogen) atoms. The number of benzene rings is 2. The first-order valence-electron chi connectivity index (χ1n) is 7.47. The summed E-state index contributed by atoms with van der Waals surface area (Å²) in [6, 6.07) is 11.5. The van der Waals surface area contributed by atoms with E-state index in [-0.39, 0.29) is 17.3 Å². The third-order valence-electron chi connectivity index (χ3n) is 3.51. The van der Waals surface area contributed by atoms with Gasteiger partial charge in [0, 0.05) is 23.7 Å². The Labute approximate surface area is 147 Å². The van der Waals surface area contributed by atoms with Crippen LogP contribution in [0.1, 0.15) is 28.4 Å². The minimum Gasteiger partial charge on any atom is -0.352 e. The lowest BCUT2D eigenvalue weighted by Crippen LogP contribution is -2.26. The summed E-state index contributed by atoms with van der Waals surface area (Å²) in [6.45, 7) is 4.11. The lowest BCUT2D eigenvalue weighted by Gasteiger charge is -2.11. The predicted molar refractivity (Wildman–Crippen MR) is 94.7 cm³/mol. The zero-order chi connectivity index (χ0) is 17.7. The van der Waals surface area contributed by atoms with Gasteiger partial charge in [0.25, 0.3) is 5.91 Å². The Morgan fingerprint density at radius 2 is 1.88 bits per heavy atom. The van der Waals surface area contributed by atoms with Gasteiger partial charge < -0.3 is 5.32 Å². The molecule has 0 atom stereocenters. The minimum absolute atomic E-state index is 0.0430. The van der Waals surface area contributed by atoms with E-state index < -0.39 is 10.0 Å². The van der Waals surface area contributed by atoms with Crippen molar-refractivity contribution in [3.05, 3.63) is 64.2 Å². The van der Waals surface area contributed by atoms with Gasteiger partial charge in [-0.2, -0.15) is 0 Å². The molecule has 0 saturated heterocycles. The lowest BCUT2D eigenvalue weighted by molar-refractivity contribution is 0.0955. The van der Waals surface area contributed by atoms with Gasteiger partial charge in [0.05, 0.1) is 4.90 Å². The average molecular weight is 367 g/mol. The van der Waals surface area contributed by atoms with E-state index in [1.54, 1.807) is 44.2 Å². The molecule has 0 aliphatic carbocycles. The Kier molecular flexibility index (Phi) is 5.99. The zero-order valence-electron chi connectivity index (χ0n) is 13.5. The standard InChI is InChI=1S/C17H19ClN2O3S/c1-3-19-17(21)15-10-14(9-8-12(15)2)24(22,23)20-11-13-6-4-5-7-16(13)18/h4-10,20H,3,11H2,1-2H3,(H,19,21). The van der Waals surface area contributed by atoms with Crippen molar-refractivity contribution in [3.8, 4) is 0 Å². The maximum absolute atomic E-state index is 12.5. The van der Waals surface area contributed by atoms with Crippen LogP contribution in [0.15, 0.2) is 47.4 Å². The van der Waals surface area contributed by atoms with Crippen LogP contribution in [-0.2, 0) is 16.6 Å². The van der Waals surface area contributed by atoms with E-state index >= 15 is 0 Å². The smallest absolute Gasteiger partial charge is 0.251 e. The largest absolute Gasteiger partial charge is 0.352 e. The molecule has 2 aromatic carbocycles. The molecular weight excluding hydrogens is 348 g/mol. The highest BCUT2D eigenvalue weighted by atomic mass is 35.5. The van der Waals surface area contributed by atoms with Gasteiger partial charge >= 0.3 is 0 Å². The summed E-state index contributed by atoms with van der Waals surface area (Å²) < 4.78 is 27.5. The summed E-state index contributed by atoms with van der Waals surface area (Å²) in [5.74, 6) is -0.293. The van der Waals surface area contributed by atoms with Crippen LogP contribution in [0, 0.1) is 6.92 Å². The molecule has 2 N–H and O–H groups in total. The molecule has 0 aromatic heterocycles. The average Bonchev–Trinajstić information content (AvgIpc) is 2.54. The number of carbonyl (C=O) groups is 1. The molecule has 0 aliphatic heterocycles. The Morgan fingerprint density at radius 1 is 1.17 bits per heavy atom. The lowest BCUT2D eigenvalue weighted by atomic mass is 10.1. The Hall–Kier alpha value is -1.89. The quantitative estimate of drug-likeness (QED) is 0.825. The van der Waals surface area contributed by atoms with Crippen molar-refractivity contribution in [2.45, 2.75) is 25.3 Å². The van der Waals surface area contributed by atoms with Crippen LogP contribution >= 0.6 is 11.6 Å². The van der Waals surface area contributed by atoms with Gasteiger partial charge in [-0.15, -0.1) is 0 Å².